The SMILES string of the molecule is CC(=O)c1ccc(Oc2nc3ccccn3c2[N+](=O)[O-])cc1. The largest absolute Gasteiger partial charge is 0.433 e. The quantitative estimate of drug-likeness (QED) is 0.419. The number of rotatable bonds is 4. The van der Waals surface area contributed by atoms with Crippen LogP contribution < -0.4 is 4.74 Å². The van der Waals surface area contributed by atoms with Crippen molar-refractivity contribution in [1.82, 2.24) is 9.38 Å². The molecule has 3 rings (SSSR count). The highest BCUT2D eigenvalue weighted by atomic mass is 16.6. The number of benzene rings is 1. The molecule has 0 N–H and O–H groups in total. The highest BCUT2D eigenvalue weighted by Gasteiger charge is 2.24. The van der Waals surface area contributed by atoms with E-state index in [4.69, 9.17) is 4.74 Å². The second kappa shape index (κ2) is 5.28. The number of carbonyl (C=O) groups is 1. The van der Waals surface area contributed by atoms with Gasteiger partial charge in [0.15, 0.2) is 5.78 Å². The van der Waals surface area contributed by atoms with Crippen LogP contribution in [0, 0.1) is 10.1 Å². The van der Waals surface area contributed by atoms with Gasteiger partial charge in [-0.3, -0.25) is 4.79 Å². The number of hydrogen-bond acceptors (Lipinski definition) is 5. The first kappa shape index (κ1) is 13.7. The van der Waals surface area contributed by atoms with Crippen LogP contribution in [0.25, 0.3) is 5.65 Å². The van der Waals surface area contributed by atoms with E-state index in [1.54, 1.807) is 48.7 Å². The van der Waals surface area contributed by atoms with Crippen LogP contribution in [0.4, 0.5) is 5.82 Å². The molecule has 0 aliphatic carbocycles. The molecule has 1 aromatic carbocycles. The Labute approximate surface area is 124 Å². The molecule has 0 radical (unpaired) electrons. The van der Waals surface area contributed by atoms with Crippen molar-refractivity contribution in [1.29, 1.82) is 0 Å². The van der Waals surface area contributed by atoms with E-state index in [-0.39, 0.29) is 17.5 Å². The predicted molar refractivity (Wildman–Crippen MR) is 78.4 cm³/mol. The molecule has 0 bridgehead atoms. The number of hydrogen-bond donors (Lipinski definition) is 0. The van der Waals surface area contributed by atoms with Crippen molar-refractivity contribution in [2.24, 2.45) is 0 Å². The maximum absolute atomic E-state index is 11.3. The summed E-state index contributed by atoms with van der Waals surface area (Å²) in [6.07, 6.45) is 1.55. The van der Waals surface area contributed by atoms with Crippen molar-refractivity contribution in [3.63, 3.8) is 0 Å². The van der Waals surface area contributed by atoms with E-state index in [1.807, 2.05) is 0 Å². The molecule has 0 saturated carbocycles. The number of aromatic nitrogens is 2. The Bertz CT molecular complexity index is 868. The number of carbonyl (C=O) groups excluding carboxylic acids is 1. The maximum Gasteiger partial charge on any atom is 0.392 e. The summed E-state index contributed by atoms with van der Waals surface area (Å²) in [5.41, 5.74) is 0.960. The fourth-order valence-electron chi connectivity index (χ4n) is 2.07. The van der Waals surface area contributed by atoms with Crippen LogP contribution in [0.15, 0.2) is 48.7 Å². The van der Waals surface area contributed by atoms with Gasteiger partial charge in [0.05, 0.1) is 6.20 Å². The fraction of sp³-hybridized carbons (Fsp3) is 0.0667. The van der Waals surface area contributed by atoms with Gasteiger partial charge in [-0.2, -0.15) is 9.38 Å². The first-order valence-electron chi connectivity index (χ1n) is 6.46. The van der Waals surface area contributed by atoms with Crippen molar-refractivity contribution in [2.45, 2.75) is 6.92 Å². The highest BCUT2D eigenvalue weighted by Crippen LogP contribution is 2.31. The average molecular weight is 297 g/mol. The van der Waals surface area contributed by atoms with Crippen molar-refractivity contribution >= 4 is 17.2 Å². The Hall–Kier alpha value is -3.22. The zero-order valence-corrected chi connectivity index (χ0v) is 11.6. The number of nitro groups is 1. The number of imidazole rings is 1. The van der Waals surface area contributed by atoms with E-state index in [9.17, 15) is 14.9 Å². The Morgan fingerprint density at radius 2 is 1.95 bits per heavy atom. The summed E-state index contributed by atoms with van der Waals surface area (Å²) in [7, 11) is 0. The monoisotopic (exact) mass is 297 g/mol. The van der Waals surface area contributed by atoms with Gasteiger partial charge in [-0.25, -0.2) is 0 Å². The number of Topliss-reactive ketones (excluding diaryl/α,β-unsaturated/α-hetero) is 1. The predicted octanol–water partition coefficient (Wildman–Crippen LogP) is 3.24. The lowest BCUT2D eigenvalue weighted by atomic mass is 10.1. The molecule has 0 saturated heterocycles. The molecule has 2 aromatic heterocycles. The van der Waals surface area contributed by atoms with Gasteiger partial charge in [-0.05, 0) is 42.2 Å². The van der Waals surface area contributed by atoms with Gasteiger partial charge >= 0.3 is 11.7 Å². The summed E-state index contributed by atoms with van der Waals surface area (Å²) < 4.78 is 6.85. The average Bonchev–Trinajstić information content (AvgIpc) is 2.85. The molecule has 3 aromatic rings. The summed E-state index contributed by atoms with van der Waals surface area (Å²) in [5.74, 6) is -0.0280. The lowest BCUT2D eigenvalue weighted by Crippen LogP contribution is -1.96. The topological polar surface area (TPSA) is 86.7 Å². The van der Waals surface area contributed by atoms with Gasteiger partial charge in [0.25, 0.3) is 0 Å². The molecule has 0 spiro atoms. The first-order valence-corrected chi connectivity index (χ1v) is 6.46. The molecule has 0 amide bonds. The van der Waals surface area contributed by atoms with Crippen LogP contribution >= 0.6 is 0 Å². The third-order valence-electron chi connectivity index (χ3n) is 3.12. The fourth-order valence-corrected chi connectivity index (χ4v) is 2.07. The van der Waals surface area contributed by atoms with Gasteiger partial charge in [0, 0.05) is 11.6 Å². The minimum Gasteiger partial charge on any atom is -0.433 e. The summed E-state index contributed by atoms with van der Waals surface area (Å²) in [6, 6.07) is 11.4. The normalized spacial score (nSPS) is 10.6. The molecule has 0 unspecified atom stereocenters. The molecule has 0 fully saturated rings. The summed E-state index contributed by atoms with van der Waals surface area (Å²) >= 11 is 0. The minimum absolute atomic E-state index is 0.0646. The second-order valence-electron chi connectivity index (χ2n) is 4.61. The molecule has 0 atom stereocenters. The van der Waals surface area contributed by atoms with Crippen molar-refractivity contribution in [3.8, 4) is 11.6 Å². The summed E-state index contributed by atoms with van der Waals surface area (Å²) in [4.78, 5) is 26.1. The molecule has 2 heterocycles. The molecular weight excluding hydrogens is 286 g/mol. The van der Waals surface area contributed by atoms with E-state index in [1.165, 1.54) is 11.3 Å². The Morgan fingerprint density at radius 1 is 1.23 bits per heavy atom. The van der Waals surface area contributed by atoms with E-state index in [0.29, 0.717) is 17.0 Å². The van der Waals surface area contributed by atoms with Crippen LogP contribution in [0.2, 0.25) is 0 Å². The number of ketones is 1. The van der Waals surface area contributed by atoms with Gasteiger partial charge in [-0.15, -0.1) is 0 Å². The zero-order chi connectivity index (χ0) is 15.7. The Morgan fingerprint density at radius 3 is 2.59 bits per heavy atom. The second-order valence-corrected chi connectivity index (χ2v) is 4.61. The van der Waals surface area contributed by atoms with Gasteiger partial charge in [0.2, 0.25) is 5.65 Å². The van der Waals surface area contributed by atoms with E-state index in [0.717, 1.165) is 0 Å². The van der Waals surface area contributed by atoms with Crippen LogP contribution in [0.3, 0.4) is 0 Å². The van der Waals surface area contributed by atoms with E-state index < -0.39 is 4.92 Å². The third kappa shape index (κ3) is 2.39. The van der Waals surface area contributed by atoms with Gasteiger partial charge in [0.1, 0.15) is 5.75 Å². The Kier molecular flexibility index (Phi) is 3.30. The molecule has 22 heavy (non-hydrogen) atoms. The van der Waals surface area contributed by atoms with E-state index in [2.05, 4.69) is 4.98 Å². The lowest BCUT2D eigenvalue weighted by Gasteiger charge is -2.03. The van der Waals surface area contributed by atoms with Crippen LogP contribution in [-0.2, 0) is 0 Å². The van der Waals surface area contributed by atoms with Gasteiger partial charge in [-0.1, -0.05) is 6.07 Å². The lowest BCUT2D eigenvalue weighted by molar-refractivity contribution is -0.391. The summed E-state index contributed by atoms with van der Waals surface area (Å²) in [6.45, 7) is 1.46. The van der Waals surface area contributed by atoms with Crippen LogP contribution in [-0.4, -0.2) is 20.1 Å². The molecule has 7 nitrogen and oxygen atoms in total. The maximum atomic E-state index is 11.3. The van der Waals surface area contributed by atoms with Crippen molar-refractivity contribution < 1.29 is 14.5 Å². The number of nitrogens with zero attached hydrogens (tertiary/aromatic N) is 3. The molecular formula is C15H11N3O4. The van der Waals surface area contributed by atoms with Crippen LogP contribution in [0.1, 0.15) is 17.3 Å². The van der Waals surface area contributed by atoms with Crippen LogP contribution in [0.5, 0.6) is 11.6 Å². The number of pyridine rings is 1. The molecule has 0 aliphatic heterocycles. The first-order chi connectivity index (χ1) is 10.6. The van der Waals surface area contributed by atoms with Crippen molar-refractivity contribution in [3.05, 3.63) is 64.3 Å². The van der Waals surface area contributed by atoms with Crippen molar-refractivity contribution in [2.75, 3.05) is 0 Å². The highest BCUT2D eigenvalue weighted by molar-refractivity contribution is 5.94. The third-order valence-corrected chi connectivity index (χ3v) is 3.12. The molecule has 7 heteroatoms. The standard InChI is InChI=1S/C15H11N3O4/c1-10(19)11-5-7-12(8-6-11)22-14-15(18(20)21)17-9-3-2-4-13(17)16-14/h2-9H,1H3. The number of fused-ring (bicyclic) bond motifs is 1. The molecule has 110 valence electrons. The number of ether oxygens (including phenoxy) is 1. The smallest absolute Gasteiger partial charge is 0.392 e. The van der Waals surface area contributed by atoms with Gasteiger partial charge < -0.3 is 14.9 Å². The van der Waals surface area contributed by atoms with E-state index >= 15 is 0 Å². The zero-order valence-electron chi connectivity index (χ0n) is 11.6. The minimum atomic E-state index is -0.542. The Balaban J connectivity index is 2.01. The molecule has 0 aliphatic rings. The summed E-state index contributed by atoms with van der Waals surface area (Å²) in [5, 5.41) is 11.3.